The number of ether oxygens (including phenoxy) is 1. The van der Waals surface area contributed by atoms with Crippen molar-refractivity contribution >= 4 is 27.3 Å². The van der Waals surface area contributed by atoms with Crippen LogP contribution in [0.2, 0.25) is 0 Å². The van der Waals surface area contributed by atoms with E-state index in [-0.39, 0.29) is 11.7 Å². The third kappa shape index (κ3) is 4.63. The fourth-order valence-electron chi connectivity index (χ4n) is 3.31. The summed E-state index contributed by atoms with van der Waals surface area (Å²) in [6.07, 6.45) is 0.610. The molecule has 154 valence electrons. The van der Waals surface area contributed by atoms with Crippen LogP contribution in [0.3, 0.4) is 0 Å². The number of carbonyl (C=O) groups is 1. The molecule has 0 aliphatic carbocycles. The first-order valence-electron chi connectivity index (χ1n) is 9.70. The van der Waals surface area contributed by atoms with Crippen LogP contribution in [-0.4, -0.2) is 26.6 Å². The summed E-state index contributed by atoms with van der Waals surface area (Å²) in [5, 5.41) is 2.84. The van der Waals surface area contributed by atoms with Crippen molar-refractivity contribution in [3.8, 4) is 5.75 Å². The van der Waals surface area contributed by atoms with Crippen molar-refractivity contribution in [1.29, 1.82) is 0 Å². The van der Waals surface area contributed by atoms with Crippen molar-refractivity contribution in [2.45, 2.75) is 13.0 Å². The minimum atomic E-state index is -3.26. The van der Waals surface area contributed by atoms with Gasteiger partial charge < -0.3 is 10.1 Å². The lowest BCUT2D eigenvalue weighted by Crippen LogP contribution is -2.25. The van der Waals surface area contributed by atoms with Gasteiger partial charge in [-0.2, -0.15) is 0 Å². The lowest BCUT2D eigenvalue weighted by molar-refractivity contribution is 0.102. The summed E-state index contributed by atoms with van der Waals surface area (Å²) in [4.78, 5) is 12.6. The highest BCUT2D eigenvalue weighted by Crippen LogP contribution is 2.26. The summed E-state index contributed by atoms with van der Waals surface area (Å²) < 4.78 is 31.3. The van der Waals surface area contributed by atoms with E-state index in [1.54, 1.807) is 36.4 Å². The molecule has 1 fully saturated rings. The van der Waals surface area contributed by atoms with Gasteiger partial charge in [0.25, 0.3) is 5.91 Å². The molecule has 1 amide bonds. The Labute approximate surface area is 176 Å². The van der Waals surface area contributed by atoms with Gasteiger partial charge >= 0.3 is 0 Å². The summed E-state index contributed by atoms with van der Waals surface area (Å²) in [7, 11) is -3.26. The molecule has 1 aliphatic heterocycles. The van der Waals surface area contributed by atoms with Crippen molar-refractivity contribution in [2.24, 2.45) is 0 Å². The zero-order valence-corrected chi connectivity index (χ0v) is 17.1. The number of para-hydroxylation sites is 1. The number of sulfonamides is 1. The Bertz CT molecular complexity index is 1130. The van der Waals surface area contributed by atoms with Gasteiger partial charge in [-0.05, 0) is 54.4 Å². The highest BCUT2D eigenvalue weighted by atomic mass is 32.2. The second-order valence-electron chi connectivity index (χ2n) is 7.04. The Hall–Kier alpha value is -3.32. The first-order valence-corrected chi connectivity index (χ1v) is 11.3. The molecule has 0 atom stereocenters. The van der Waals surface area contributed by atoms with Crippen LogP contribution in [0, 0.1) is 0 Å². The van der Waals surface area contributed by atoms with Crippen LogP contribution in [0.4, 0.5) is 11.4 Å². The zero-order valence-electron chi connectivity index (χ0n) is 16.3. The molecule has 0 radical (unpaired) electrons. The SMILES string of the molecule is O=C(Nc1cccc(N2CCCS2(=O)=O)c1)c1ccc(COc2ccccc2)cc1. The predicted molar refractivity (Wildman–Crippen MR) is 117 cm³/mol. The molecule has 4 rings (SSSR count). The summed E-state index contributed by atoms with van der Waals surface area (Å²) in [6.45, 7) is 0.879. The van der Waals surface area contributed by atoms with Gasteiger partial charge in [0, 0.05) is 17.8 Å². The minimum absolute atomic E-state index is 0.157. The molecular weight excluding hydrogens is 400 g/mol. The highest BCUT2D eigenvalue weighted by molar-refractivity contribution is 7.93. The van der Waals surface area contributed by atoms with Gasteiger partial charge in [0.15, 0.2) is 0 Å². The molecule has 0 saturated carbocycles. The van der Waals surface area contributed by atoms with E-state index >= 15 is 0 Å². The molecule has 0 spiro atoms. The lowest BCUT2D eigenvalue weighted by atomic mass is 10.1. The molecule has 0 unspecified atom stereocenters. The number of hydrogen-bond acceptors (Lipinski definition) is 4. The molecule has 3 aromatic carbocycles. The first-order chi connectivity index (χ1) is 14.5. The molecule has 30 heavy (non-hydrogen) atoms. The quantitative estimate of drug-likeness (QED) is 0.650. The largest absolute Gasteiger partial charge is 0.489 e. The summed E-state index contributed by atoms with van der Waals surface area (Å²) in [5.41, 5.74) is 2.59. The van der Waals surface area contributed by atoms with E-state index in [0.717, 1.165) is 11.3 Å². The molecule has 0 bridgehead atoms. The molecular formula is C23H22N2O4S. The van der Waals surface area contributed by atoms with Gasteiger partial charge in [-0.25, -0.2) is 8.42 Å². The lowest BCUT2D eigenvalue weighted by Gasteiger charge is -2.17. The van der Waals surface area contributed by atoms with E-state index in [2.05, 4.69) is 5.32 Å². The van der Waals surface area contributed by atoms with Crippen molar-refractivity contribution in [1.82, 2.24) is 0 Å². The predicted octanol–water partition coefficient (Wildman–Crippen LogP) is 4.06. The molecule has 0 aromatic heterocycles. The van der Waals surface area contributed by atoms with Crippen molar-refractivity contribution in [2.75, 3.05) is 21.9 Å². The van der Waals surface area contributed by atoms with Crippen LogP contribution in [0.25, 0.3) is 0 Å². The van der Waals surface area contributed by atoms with Gasteiger partial charge in [-0.3, -0.25) is 9.10 Å². The summed E-state index contributed by atoms with van der Waals surface area (Å²) in [6, 6.07) is 23.6. The number of rotatable bonds is 6. The smallest absolute Gasteiger partial charge is 0.255 e. The van der Waals surface area contributed by atoms with E-state index in [9.17, 15) is 13.2 Å². The van der Waals surface area contributed by atoms with Gasteiger partial charge in [0.05, 0.1) is 11.4 Å². The van der Waals surface area contributed by atoms with E-state index in [0.29, 0.717) is 36.5 Å². The summed E-state index contributed by atoms with van der Waals surface area (Å²) in [5.74, 6) is 0.690. The van der Waals surface area contributed by atoms with Crippen LogP contribution in [0.15, 0.2) is 78.9 Å². The molecule has 7 heteroatoms. The number of carbonyl (C=O) groups excluding carboxylic acids is 1. The molecule has 1 aliphatic rings. The first kappa shape index (κ1) is 20.0. The van der Waals surface area contributed by atoms with Crippen LogP contribution in [0.5, 0.6) is 5.75 Å². The standard InChI is InChI=1S/C23H22N2O4S/c26-23(19-12-10-18(11-13-19)17-29-22-8-2-1-3-9-22)24-20-6-4-7-21(16-20)25-14-5-15-30(25,27)28/h1-4,6-13,16H,5,14-15,17H2,(H,24,26). The molecule has 6 nitrogen and oxygen atoms in total. The Morgan fingerprint density at radius 3 is 2.43 bits per heavy atom. The average Bonchev–Trinajstić information content (AvgIpc) is 3.12. The number of benzene rings is 3. The number of amides is 1. The Balaban J connectivity index is 1.40. The number of nitrogens with one attached hydrogen (secondary N) is 1. The van der Waals surface area contributed by atoms with Crippen molar-refractivity contribution in [3.05, 3.63) is 90.0 Å². The normalized spacial score (nSPS) is 15.0. The minimum Gasteiger partial charge on any atom is -0.489 e. The van der Waals surface area contributed by atoms with Crippen LogP contribution in [0.1, 0.15) is 22.3 Å². The summed E-state index contributed by atoms with van der Waals surface area (Å²) >= 11 is 0. The van der Waals surface area contributed by atoms with Gasteiger partial charge in [0.2, 0.25) is 10.0 Å². The second kappa shape index (κ2) is 8.59. The fourth-order valence-corrected chi connectivity index (χ4v) is 4.86. The van der Waals surface area contributed by atoms with Crippen LogP contribution >= 0.6 is 0 Å². The van der Waals surface area contributed by atoms with E-state index in [1.165, 1.54) is 4.31 Å². The van der Waals surface area contributed by atoms with Crippen LogP contribution in [-0.2, 0) is 16.6 Å². The van der Waals surface area contributed by atoms with Gasteiger partial charge in [-0.15, -0.1) is 0 Å². The molecule has 1 saturated heterocycles. The zero-order chi connectivity index (χ0) is 21.0. The van der Waals surface area contributed by atoms with Crippen LogP contribution < -0.4 is 14.4 Å². The highest BCUT2D eigenvalue weighted by Gasteiger charge is 2.28. The topological polar surface area (TPSA) is 75.7 Å². The average molecular weight is 423 g/mol. The second-order valence-corrected chi connectivity index (χ2v) is 9.06. The number of nitrogens with zero attached hydrogens (tertiary/aromatic N) is 1. The monoisotopic (exact) mass is 422 g/mol. The fraction of sp³-hybridized carbons (Fsp3) is 0.174. The van der Waals surface area contributed by atoms with Crippen molar-refractivity contribution in [3.63, 3.8) is 0 Å². The van der Waals surface area contributed by atoms with E-state index in [1.807, 2.05) is 42.5 Å². The Kier molecular flexibility index (Phi) is 5.72. The third-order valence-corrected chi connectivity index (χ3v) is 6.73. The Morgan fingerprint density at radius 2 is 1.73 bits per heavy atom. The molecule has 1 heterocycles. The number of anilines is 2. The Morgan fingerprint density at radius 1 is 0.967 bits per heavy atom. The number of hydrogen-bond donors (Lipinski definition) is 1. The molecule has 3 aromatic rings. The van der Waals surface area contributed by atoms with Crippen molar-refractivity contribution < 1.29 is 17.9 Å². The van der Waals surface area contributed by atoms with Gasteiger partial charge in [-0.1, -0.05) is 36.4 Å². The molecule has 1 N–H and O–H groups in total. The maximum Gasteiger partial charge on any atom is 0.255 e. The maximum atomic E-state index is 12.6. The maximum absolute atomic E-state index is 12.6. The van der Waals surface area contributed by atoms with E-state index in [4.69, 9.17) is 4.74 Å². The third-order valence-electron chi connectivity index (χ3n) is 4.86. The van der Waals surface area contributed by atoms with Gasteiger partial charge in [0.1, 0.15) is 12.4 Å². The van der Waals surface area contributed by atoms with E-state index < -0.39 is 10.0 Å².